The second-order valence-electron chi connectivity index (χ2n) is 6.35. The van der Waals surface area contributed by atoms with E-state index in [-0.39, 0.29) is 19.1 Å². The number of fused-ring (bicyclic) bond motifs is 1. The molecule has 4 rings (SSSR count). The Balaban J connectivity index is 1.44. The van der Waals surface area contributed by atoms with Crippen LogP contribution in [0.1, 0.15) is 11.4 Å². The summed E-state index contributed by atoms with van der Waals surface area (Å²) in [5.74, 6) is 0.960. The Morgan fingerprint density at radius 2 is 1.79 bits per heavy atom. The van der Waals surface area contributed by atoms with Crippen LogP contribution in [0.3, 0.4) is 0 Å². The largest absolute Gasteiger partial charge is 0.484 e. The third-order valence-electron chi connectivity index (χ3n) is 4.23. The number of ether oxygens (including phenoxy) is 1. The third kappa shape index (κ3) is 3.98. The first-order valence-corrected chi connectivity index (χ1v) is 8.92. The number of carbonyl (C=O) groups is 1. The summed E-state index contributed by atoms with van der Waals surface area (Å²) in [6, 6.07) is 21.1. The summed E-state index contributed by atoms with van der Waals surface area (Å²) in [6.45, 7) is 2.19. The van der Waals surface area contributed by atoms with Crippen molar-refractivity contribution in [3.63, 3.8) is 0 Å². The molecular formula is C21H19N5O2. The van der Waals surface area contributed by atoms with Gasteiger partial charge in [0.2, 0.25) is 0 Å². The Morgan fingerprint density at radius 1 is 1.00 bits per heavy atom. The monoisotopic (exact) mass is 373 g/mol. The molecule has 0 saturated heterocycles. The molecule has 7 heteroatoms. The van der Waals surface area contributed by atoms with E-state index in [9.17, 15) is 4.79 Å². The van der Waals surface area contributed by atoms with E-state index in [1.54, 1.807) is 16.6 Å². The Labute approximate surface area is 162 Å². The highest BCUT2D eigenvalue weighted by molar-refractivity contribution is 5.77. The van der Waals surface area contributed by atoms with Crippen LogP contribution in [0.5, 0.6) is 5.75 Å². The van der Waals surface area contributed by atoms with Crippen LogP contribution in [0.25, 0.3) is 16.9 Å². The lowest BCUT2D eigenvalue weighted by molar-refractivity contribution is -0.123. The number of nitrogens with zero attached hydrogens (tertiary/aromatic N) is 4. The van der Waals surface area contributed by atoms with E-state index in [0.717, 1.165) is 11.3 Å². The lowest BCUT2D eigenvalue weighted by atomic mass is 10.1. The molecule has 0 bridgehead atoms. The molecule has 0 aliphatic carbocycles. The van der Waals surface area contributed by atoms with Gasteiger partial charge >= 0.3 is 0 Å². The smallest absolute Gasteiger partial charge is 0.258 e. The van der Waals surface area contributed by atoms with Gasteiger partial charge in [-0.2, -0.15) is 9.61 Å². The van der Waals surface area contributed by atoms with E-state index in [0.29, 0.717) is 17.2 Å². The third-order valence-corrected chi connectivity index (χ3v) is 4.23. The molecule has 0 unspecified atom stereocenters. The molecule has 1 N–H and O–H groups in total. The fraction of sp³-hybridized carbons (Fsp3) is 0.143. The topological polar surface area (TPSA) is 81.4 Å². The van der Waals surface area contributed by atoms with E-state index in [1.807, 2.05) is 61.5 Å². The average molecular weight is 373 g/mol. The molecule has 7 nitrogen and oxygen atoms in total. The Morgan fingerprint density at radius 3 is 2.57 bits per heavy atom. The molecule has 140 valence electrons. The standard InChI is InChI=1S/C21H19N5O2/c1-15-7-9-16(10-8-15)18-11-12-19-23-24-20(26(19)25-18)13-22-21(27)14-28-17-5-3-2-4-6-17/h2-12H,13-14H2,1H3,(H,22,27). The van der Waals surface area contributed by atoms with Gasteiger partial charge in [-0.05, 0) is 31.2 Å². The maximum atomic E-state index is 12.1. The summed E-state index contributed by atoms with van der Waals surface area (Å²) < 4.78 is 7.09. The number of aryl methyl sites for hydroxylation is 1. The molecule has 2 aromatic carbocycles. The van der Waals surface area contributed by atoms with E-state index in [2.05, 4.69) is 20.6 Å². The van der Waals surface area contributed by atoms with Crippen LogP contribution in [-0.2, 0) is 11.3 Å². The Bertz CT molecular complexity index is 1090. The van der Waals surface area contributed by atoms with Crippen molar-refractivity contribution in [2.75, 3.05) is 6.61 Å². The molecule has 0 saturated carbocycles. The first-order valence-electron chi connectivity index (χ1n) is 8.92. The van der Waals surface area contributed by atoms with Gasteiger partial charge in [-0.15, -0.1) is 10.2 Å². The van der Waals surface area contributed by atoms with Gasteiger partial charge in [-0.1, -0.05) is 48.0 Å². The number of amides is 1. The maximum absolute atomic E-state index is 12.1. The summed E-state index contributed by atoms with van der Waals surface area (Å²) in [5, 5.41) is 15.6. The predicted molar refractivity (Wildman–Crippen MR) is 105 cm³/mol. The number of carbonyl (C=O) groups excluding carboxylic acids is 1. The van der Waals surface area contributed by atoms with Gasteiger partial charge < -0.3 is 10.1 Å². The minimum absolute atomic E-state index is 0.0667. The minimum Gasteiger partial charge on any atom is -0.484 e. The summed E-state index contributed by atoms with van der Waals surface area (Å²) in [7, 11) is 0. The molecule has 2 aromatic heterocycles. The van der Waals surface area contributed by atoms with Crippen molar-refractivity contribution >= 4 is 11.6 Å². The van der Waals surface area contributed by atoms with E-state index >= 15 is 0 Å². The van der Waals surface area contributed by atoms with Gasteiger partial charge in [0.1, 0.15) is 5.75 Å². The number of hydrogen-bond acceptors (Lipinski definition) is 5. The van der Waals surface area contributed by atoms with Crippen molar-refractivity contribution in [2.24, 2.45) is 0 Å². The number of hydrogen-bond donors (Lipinski definition) is 1. The van der Waals surface area contributed by atoms with Gasteiger partial charge in [0, 0.05) is 5.56 Å². The zero-order valence-electron chi connectivity index (χ0n) is 15.4. The lowest BCUT2D eigenvalue weighted by Crippen LogP contribution is -2.29. The van der Waals surface area contributed by atoms with Crippen LogP contribution in [0.15, 0.2) is 66.7 Å². The Hall–Kier alpha value is -3.74. The van der Waals surface area contributed by atoms with E-state index < -0.39 is 0 Å². The first kappa shape index (κ1) is 17.7. The van der Waals surface area contributed by atoms with Crippen LogP contribution in [0, 0.1) is 6.92 Å². The molecule has 4 aromatic rings. The molecular weight excluding hydrogens is 354 g/mol. The number of rotatable bonds is 6. The van der Waals surface area contributed by atoms with Gasteiger partial charge in [0.05, 0.1) is 12.2 Å². The number of aromatic nitrogens is 4. The van der Waals surface area contributed by atoms with Crippen molar-refractivity contribution < 1.29 is 9.53 Å². The van der Waals surface area contributed by atoms with Crippen LogP contribution in [-0.4, -0.2) is 32.3 Å². The zero-order chi connectivity index (χ0) is 19.3. The average Bonchev–Trinajstić information content (AvgIpc) is 3.14. The molecule has 0 fully saturated rings. The Kier molecular flexibility index (Phi) is 4.97. The number of benzene rings is 2. The molecule has 0 spiro atoms. The van der Waals surface area contributed by atoms with Crippen molar-refractivity contribution in [1.29, 1.82) is 0 Å². The van der Waals surface area contributed by atoms with Crippen molar-refractivity contribution in [1.82, 2.24) is 25.1 Å². The second-order valence-corrected chi connectivity index (χ2v) is 6.35. The van der Waals surface area contributed by atoms with Gasteiger partial charge in [-0.25, -0.2) is 0 Å². The first-order chi connectivity index (χ1) is 13.7. The van der Waals surface area contributed by atoms with Crippen molar-refractivity contribution in [3.05, 3.63) is 78.1 Å². The number of para-hydroxylation sites is 1. The van der Waals surface area contributed by atoms with Gasteiger partial charge in [-0.3, -0.25) is 4.79 Å². The fourth-order valence-electron chi connectivity index (χ4n) is 2.72. The van der Waals surface area contributed by atoms with Crippen LogP contribution in [0.4, 0.5) is 0 Å². The highest BCUT2D eigenvalue weighted by Gasteiger charge is 2.10. The molecule has 28 heavy (non-hydrogen) atoms. The molecule has 0 radical (unpaired) electrons. The molecule has 0 atom stereocenters. The highest BCUT2D eigenvalue weighted by atomic mass is 16.5. The summed E-state index contributed by atoms with van der Waals surface area (Å²) in [6.07, 6.45) is 0. The molecule has 0 aliphatic heterocycles. The predicted octanol–water partition coefficient (Wildman–Crippen LogP) is 2.79. The fourth-order valence-corrected chi connectivity index (χ4v) is 2.72. The van der Waals surface area contributed by atoms with Crippen LogP contribution in [0.2, 0.25) is 0 Å². The van der Waals surface area contributed by atoms with E-state index in [1.165, 1.54) is 5.56 Å². The zero-order valence-corrected chi connectivity index (χ0v) is 15.4. The molecule has 2 heterocycles. The number of nitrogens with one attached hydrogen (secondary N) is 1. The second kappa shape index (κ2) is 7.87. The lowest BCUT2D eigenvalue weighted by Gasteiger charge is -2.07. The van der Waals surface area contributed by atoms with Crippen molar-refractivity contribution in [3.8, 4) is 17.0 Å². The van der Waals surface area contributed by atoms with E-state index in [4.69, 9.17) is 4.74 Å². The summed E-state index contributed by atoms with van der Waals surface area (Å²) in [5.41, 5.74) is 3.63. The normalized spacial score (nSPS) is 10.8. The van der Waals surface area contributed by atoms with Crippen LogP contribution < -0.4 is 10.1 Å². The summed E-state index contributed by atoms with van der Waals surface area (Å²) in [4.78, 5) is 12.1. The minimum atomic E-state index is -0.240. The molecule has 1 amide bonds. The quantitative estimate of drug-likeness (QED) is 0.562. The van der Waals surface area contributed by atoms with Crippen LogP contribution >= 0.6 is 0 Å². The summed E-state index contributed by atoms with van der Waals surface area (Å²) >= 11 is 0. The van der Waals surface area contributed by atoms with Gasteiger partial charge in [0.15, 0.2) is 18.1 Å². The highest BCUT2D eigenvalue weighted by Crippen LogP contribution is 2.18. The molecule has 0 aliphatic rings. The van der Waals surface area contributed by atoms with Gasteiger partial charge in [0.25, 0.3) is 5.91 Å². The van der Waals surface area contributed by atoms with Crippen molar-refractivity contribution in [2.45, 2.75) is 13.5 Å². The SMILES string of the molecule is Cc1ccc(-c2ccc3nnc(CNC(=O)COc4ccccc4)n3n2)cc1. The maximum Gasteiger partial charge on any atom is 0.258 e.